The van der Waals surface area contributed by atoms with Gasteiger partial charge in [-0.15, -0.1) is 0 Å². The standard InChI is InChI=1S/C10H17N3O/c1-8(13-6-9(11)7-13)2-3-10-12-4-5-14-10/h4-5,8-9H,2-3,6-7,11H2,1H3. The lowest BCUT2D eigenvalue weighted by atomic mass is 10.0. The Hall–Kier alpha value is -0.870. The minimum atomic E-state index is 0.388. The number of aryl methyl sites for hydroxylation is 1. The highest BCUT2D eigenvalue weighted by molar-refractivity contribution is 4.88. The molecule has 78 valence electrons. The molecule has 0 aromatic carbocycles. The van der Waals surface area contributed by atoms with Crippen LogP contribution in [0, 0.1) is 0 Å². The number of likely N-dealkylation sites (tertiary alicyclic amines) is 1. The Labute approximate surface area is 84.1 Å². The van der Waals surface area contributed by atoms with Gasteiger partial charge in [-0.05, 0) is 13.3 Å². The second kappa shape index (κ2) is 4.11. The number of nitrogens with two attached hydrogens (primary N) is 1. The van der Waals surface area contributed by atoms with Crippen molar-refractivity contribution in [2.75, 3.05) is 13.1 Å². The summed E-state index contributed by atoms with van der Waals surface area (Å²) < 4.78 is 5.18. The van der Waals surface area contributed by atoms with Crippen LogP contribution >= 0.6 is 0 Å². The van der Waals surface area contributed by atoms with Gasteiger partial charge in [0.2, 0.25) is 0 Å². The molecule has 0 spiro atoms. The van der Waals surface area contributed by atoms with Crippen LogP contribution in [-0.2, 0) is 6.42 Å². The molecule has 1 aliphatic rings. The summed E-state index contributed by atoms with van der Waals surface area (Å²) in [6.45, 7) is 4.30. The maximum atomic E-state index is 5.72. The molecule has 0 saturated carbocycles. The van der Waals surface area contributed by atoms with Crippen LogP contribution in [0.25, 0.3) is 0 Å². The average molecular weight is 195 g/mol. The first-order valence-electron chi connectivity index (χ1n) is 5.13. The summed E-state index contributed by atoms with van der Waals surface area (Å²) in [6, 6.07) is 0.973. The summed E-state index contributed by atoms with van der Waals surface area (Å²) >= 11 is 0. The van der Waals surface area contributed by atoms with Crippen molar-refractivity contribution in [1.29, 1.82) is 0 Å². The van der Waals surface area contributed by atoms with Gasteiger partial charge >= 0.3 is 0 Å². The third-order valence-electron chi connectivity index (χ3n) is 2.82. The highest BCUT2D eigenvalue weighted by atomic mass is 16.3. The van der Waals surface area contributed by atoms with Crippen molar-refractivity contribution in [3.05, 3.63) is 18.4 Å². The quantitative estimate of drug-likeness (QED) is 0.766. The third-order valence-corrected chi connectivity index (χ3v) is 2.82. The normalized spacial score (nSPS) is 20.7. The summed E-state index contributed by atoms with van der Waals surface area (Å²) in [4.78, 5) is 6.49. The van der Waals surface area contributed by atoms with E-state index in [0.717, 1.165) is 31.8 Å². The Morgan fingerprint density at radius 1 is 1.71 bits per heavy atom. The van der Waals surface area contributed by atoms with Crippen molar-refractivity contribution in [2.24, 2.45) is 5.73 Å². The second-order valence-electron chi connectivity index (χ2n) is 4.03. The van der Waals surface area contributed by atoms with E-state index in [-0.39, 0.29) is 0 Å². The molecular weight excluding hydrogens is 178 g/mol. The molecule has 0 radical (unpaired) electrons. The minimum Gasteiger partial charge on any atom is -0.449 e. The molecule has 1 aliphatic heterocycles. The van der Waals surface area contributed by atoms with Crippen LogP contribution in [0.2, 0.25) is 0 Å². The molecule has 0 bridgehead atoms. The number of nitrogens with zero attached hydrogens (tertiary/aromatic N) is 2. The number of hydrogen-bond donors (Lipinski definition) is 1. The van der Waals surface area contributed by atoms with Crippen LogP contribution in [0.3, 0.4) is 0 Å². The maximum absolute atomic E-state index is 5.72. The largest absolute Gasteiger partial charge is 0.449 e. The number of hydrogen-bond acceptors (Lipinski definition) is 4. The Morgan fingerprint density at radius 2 is 2.50 bits per heavy atom. The van der Waals surface area contributed by atoms with Crippen molar-refractivity contribution in [1.82, 2.24) is 9.88 Å². The minimum absolute atomic E-state index is 0.388. The lowest BCUT2D eigenvalue weighted by Crippen LogP contribution is -2.58. The van der Waals surface area contributed by atoms with Gasteiger partial charge in [-0.2, -0.15) is 0 Å². The third kappa shape index (κ3) is 2.13. The van der Waals surface area contributed by atoms with Gasteiger partial charge in [-0.1, -0.05) is 0 Å². The SMILES string of the molecule is CC(CCc1ncco1)N1CC(N)C1. The van der Waals surface area contributed by atoms with Crippen LogP contribution in [0.15, 0.2) is 16.9 Å². The molecule has 1 unspecified atom stereocenters. The number of rotatable bonds is 4. The number of aromatic nitrogens is 1. The molecule has 1 atom stereocenters. The first-order chi connectivity index (χ1) is 6.75. The van der Waals surface area contributed by atoms with E-state index in [4.69, 9.17) is 10.2 Å². The fourth-order valence-electron chi connectivity index (χ4n) is 1.80. The maximum Gasteiger partial charge on any atom is 0.193 e. The smallest absolute Gasteiger partial charge is 0.193 e. The van der Waals surface area contributed by atoms with Gasteiger partial charge < -0.3 is 10.2 Å². The summed E-state index contributed by atoms with van der Waals surface area (Å²) in [5.41, 5.74) is 5.72. The van der Waals surface area contributed by atoms with E-state index in [9.17, 15) is 0 Å². The van der Waals surface area contributed by atoms with Gasteiger partial charge in [0.25, 0.3) is 0 Å². The lowest BCUT2D eigenvalue weighted by molar-refractivity contribution is 0.0973. The summed E-state index contributed by atoms with van der Waals surface area (Å²) in [5.74, 6) is 0.835. The predicted molar refractivity (Wildman–Crippen MR) is 53.8 cm³/mol. The number of oxazole rings is 1. The highest BCUT2D eigenvalue weighted by Crippen LogP contribution is 2.14. The topological polar surface area (TPSA) is 55.3 Å². The second-order valence-corrected chi connectivity index (χ2v) is 4.03. The van der Waals surface area contributed by atoms with E-state index in [1.165, 1.54) is 0 Å². The Balaban J connectivity index is 1.70. The molecule has 1 fully saturated rings. The molecule has 14 heavy (non-hydrogen) atoms. The van der Waals surface area contributed by atoms with Crippen molar-refractivity contribution in [3.8, 4) is 0 Å². The molecule has 1 saturated heterocycles. The Bertz CT molecular complexity index is 267. The molecular formula is C10H17N3O. The molecule has 2 N–H and O–H groups in total. The zero-order chi connectivity index (χ0) is 9.97. The Kier molecular flexibility index (Phi) is 2.84. The van der Waals surface area contributed by atoms with E-state index in [0.29, 0.717) is 12.1 Å². The molecule has 1 aromatic rings. The zero-order valence-corrected chi connectivity index (χ0v) is 8.52. The molecule has 0 amide bonds. The molecule has 4 heteroatoms. The molecule has 2 heterocycles. The molecule has 4 nitrogen and oxygen atoms in total. The van der Waals surface area contributed by atoms with E-state index in [1.807, 2.05) is 0 Å². The van der Waals surface area contributed by atoms with Crippen LogP contribution in [-0.4, -0.2) is 35.1 Å². The van der Waals surface area contributed by atoms with Gasteiger partial charge in [-0.25, -0.2) is 4.98 Å². The van der Waals surface area contributed by atoms with Crippen molar-refractivity contribution in [3.63, 3.8) is 0 Å². The van der Waals surface area contributed by atoms with Crippen molar-refractivity contribution >= 4 is 0 Å². The lowest BCUT2D eigenvalue weighted by Gasteiger charge is -2.41. The van der Waals surface area contributed by atoms with Crippen LogP contribution in [0.5, 0.6) is 0 Å². The van der Waals surface area contributed by atoms with Crippen LogP contribution < -0.4 is 5.73 Å². The fourth-order valence-corrected chi connectivity index (χ4v) is 1.80. The van der Waals surface area contributed by atoms with E-state index in [2.05, 4.69) is 16.8 Å². The van der Waals surface area contributed by atoms with Gasteiger partial charge in [0.05, 0.1) is 6.20 Å². The van der Waals surface area contributed by atoms with Crippen molar-refractivity contribution in [2.45, 2.75) is 31.8 Å². The molecule has 0 aliphatic carbocycles. The summed E-state index contributed by atoms with van der Waals surface area (Å²) in [7, 11) is 0. The van der Waals surface area contributed by atoms with Gasteiger partial charge in [0.15, 0.2) is 5.89 Å². The van der Waals surface area contributed by atoms with Crippen LogP contribution in [0.4, 0.5) is 0 Å². The summed E-state index contributed by atoms with van der Waals surface area (Å²) in [5, 5.41) is 0. The summed E-state index contributed by atoms with van der Waals surface area (Å²) in [6.07, 6.45) is 5.33. The van der Waals surface area contributed by atoms with Gasteiger partial charge in [0, 0.05) is 31.6 Å². The molecule has 2 rings (SSSR count). The van der Waals surface area contributed by atoms with E-state index < -0.39 is 0 Å². The first-order valence-corrected chi connectivity index (χ1v) is 5.13. The monoisotopic (exact) mass is 195 g/mol. The van der Waals surface area contributed by atoms with Crippen LogP contribution in [0.1, 0.15) is 19.2 Å². The van der Waals surface area contributed by atoms with E-state index in [1.54, 1.807) is 12.5 Å². The molecule has 1 aromatic heterocycles. The highest BCUT2D eigenvalue weighted by Gasteiger charge is 2.26. The van der Waals surface area contributed by atoms with Gasteiger partial charge in [-0.3, -0.25) is 4.90 Å². The fraction of sp³-hybridized carbons (Fsp3) is 0.700. The zero-order valence-electron chi connectivity index (χ0n) is 8.52. The van der Waals surface area contributed by atoms with Crippen molar-refractivity contribution < 1.29 is 4.42 Å². The Morgan fingerprint density at radius 3 is 3.07 bits per heavy atom. The average Bonchev–Trinajstić information content (AvgIpc) is 2.61. The van der Waals surface area contributed by atoms with Gasteiger partial charge in [0.1, 0.15) is 6.26 Å². The van der Waals surface area contributed by atoms with E-state index >= 15 is 0 Å². The predicted octanol–water partition coefficient (Wildman–Crippen LogP) is 0.639. The first kappa shape index (κ1) is 9.68.